The number of benzene rings is 1. The summed E-state index contributed by atoms with van der Waals surface area (Å²) in [7, 11) is 0. The van der Waals surface area contributed by atoms with Crippen LogP contribution in [0.25, 0.3) is 0 Å². The first kappa shape index (κ1) is 12.8. The van der Waals surface area contributed by atoms with Gasteiger partial charge in [-0.1, -0.05) is 12.0 Å². The van der Waals surface area contributed by atoms with Crippen LogP contribution >= 0.6 is 0 Å². The first-order valence-corrected chi connectivity index (χ1v) is 5.92. The molecule has 0 bridgehead atoms. The molecule has 1 amide bonds. The molecule has 19 heavy (non-hydrogen) atoms. The van der Waals surface area contributed by atoms with Crippen LogP contribution in [0.5, 0.6) is 0 Å². The van der Waals surface area contributed by atoms with Crippen molar-refractivity contribution >= 4 is 11.6 Å². The van der Waals surface area contributed by atoms with Gasteiger partial charge < -0.3 is 5.32 Å². The fourth-order valence-corrected chi connectivity index (χ4v) is 1.81. The monoisotopic (exact) mass is 250 g/mol. The lowest BCUT2D eigenvalue weighted by atomic mass is 10.1. The lowest BCUT2D eigenvalue weighted by Gasteiger charge is -2.08. The van der Waals surface area contributed by atoms with E-state index in [-0.39, 0.29) is 5.91 Å². The predicted molar refractivity (Wildman–Crippen MR) is 76.0 cm³/mol. The molecule has 1 aromatic carbocycles. The van der Waals surface area contributed by atoms with Gasteiger partial charge >= 0.3 is 0 Å². The van der Waals surface area contributed by atoms with E-state index in [0.29, 0.717) is 16.9 Å². The Hall–Kier alpha value is -2.60. The van der Waals surface area contributed by atoms with Gasteiger partial charge in [0.15, 0.2) is 0 Å². The number of nitrogens with one attached hydrogen (secondary N) is 1. The molecule has 0 fully saturated rings. The highest BCUT2D eigenvalue weighted by atomic mass is 16.1. The number of pyridine rings is 1. The topological polar surface area (TPSA) is 42.0 Å². The molecule has 0 saturated carbocycles. The fraction of sp³-hybridized carbons (Fsp3) is 0.125. The fourth-order valence-electron chi connectivity index (χ4n) is 1.81. The van der Waals surface area contributed by atoms with Crippen LogP contribution in [-0.2, 0) is 0 Å². The molecule has 0 radical (unpaired) electrons. The van der Waals surface area contributed by atoms with Crippen molar-refractivity contribution in [3.63, 3.8) is 0 Å². The normalized spacial score (nSPS) is 9.74. The average Bonchev–Trinajstić information content (AvgIpc) is 2.38. The molecule has 0 atom stereocenters. The first-order chi connectivity index (χ1) is 9.10. The Morgan fingerprint density at radius 2 is 2.05 bits per heavy atom. The van der Waals surface area contributed by atoms with Crippen molar-refractivity contribution in [3.8, 4) is 12.3 Å². The Balaban J connectivity index is 2.23. The van der Waals surface area contributed by atoms with Crippen molar-refractivity contribution in [1.82, 2.24) is 4.98 Å². The highest BCUT2D eigenvalue weighted by Gasteiger charge is 2.10. The molecule has 3 nitrogen and oxygen atoms in total. The van der Waals surface area contributed by atoms with Crippen molar-refractivity contribution in [2.45, 2.75) is 13.8 Å². The number of carbonyl (C=O) groups excluding carboxylic acids is 1. The minimum Gasteiger partial charge on any atom is -0.322 e. The smallest absolute Gasteiger partial charge is 0.257 e. The Morgan fingerprint density at radius 3 is 2.74 bits per heavy atom. The van der Waals surface area contributed by atoms with Crippen LogP contribution in [0.3, 0.4) is 0 Å². The summed E-state index contributed by atoms with van der Waals surface area (Å²) in [5.41, 5.74) is 3.59. The Labute approximate surface area is 112 Å². The molecule has 1 aromatic heterocycles. The number of hydrogen-bond acceptors (Lipinski definition) is 2. The van der Waals surface area contributed by atoms with E-state index in [4.69, 9.17) is 6.42 Å². The Bertz CT molecular complexity index is 669. The first-order valence-electron chi connectivity index (χ1n) is 5.92. The minimum absolute atomic E-state index is 0.181. The summed E-state index contributed by atoms with van der Waals surface area (Å²) >= 11 is 0. The maximum atomic E-state index is 12.1. The molecular weight excluding hydrogens is 236 g/mol. The quantitative estimate of drug-likeness (QED) is 0.833. The van der Waals surface area contributed by atoms with Crippen molar-refractivity contribution in [2.75, 3.05) is 5.32 Å². The van der Waals surface area contributed by atoms with Crippen LogP contribution in [0.2, 0.25) is 0 Å². The zero-order valence-electron chi connectivity index (χ0n) is 10.9. The van der Waals surface area contributed by atoms with Crippen molar-refractivity contribution in [2.24, 2.45) is 0 Å². The van der Waals surface area contributed by atoms with Gasteiger partial charge in [0.25, 0.3) is 5.91 Å². The van der Waals surface area contributed by atoms with Crippen LogP contribution in [0, 0.1) is 26.2 Å². The molecule has 0 saturated heterocycles. The second-order valence-corrected chi connectivity index (χ2v) is 4.26. The summed E-state index contributed by atoms with van der Waals surface area (Å²) in [5.74, 6) is 2.35. The van der Waals surface area contributed by atoms with E-state index in [1.807, 2.05) is 32.0 Å². The SMILES string of the molecule is C#Cc1cccc(NC(=O)c2ccc(C)nc2C)c1. The van der Waals surface area contributed by atoms with E-state index in [2.05, 4.69) is 16.2 Å². The van der Waals surface area contributed by atoms with Crippen LogP contribution in [0.15, 0.2) is 36.4 Å². The molecular formula is C16H14N2O. The maximum absolute atomic E-state index is 12.1. The van der Waals surface area contributed by atoms with Crippen LogP contribution in [0.1, 0.15) is 27.3 Å². The summed E-state index contributed by atoms with van der Waals surface area (Å²) in [4.78, 5) is 16.4. The summed E-state index contributed by atoms with van der Waals surface area (Å²) in [6, 6.07) is 10.8. The zero-order valence-corrected chi connectivity index (χ0v) is 10.9. The number of aromatic nitrogens is 1. The van der Waals surface area contributed by atoms with E-state index in [0.717, 1.165) is 11.3 Å². The number of anilines is 1. The van der Waals surface area contributed by atoms with E-state index in [9.17, 15) is 4.79 Å². The van der Waals surface area contributed by atoms with Gasteiger partial charge in [-0.05, 0) is 44.2 Å². The third-order valence-electron chi connectivity index (χ3n) is 2.76. The molecule has 0 spiro atoms. The second kappa shape index (κ2) is 5.36. The lowest BCUT2D eigenvalue weighted by molar-refractivity contribution is 0.102. The molecule has 0 aliphatic rings. The van der Waals surface area contributed by atoms with E-state index in [1.165, 1.54) is 0 Å². The highest BCUT2D eigenvalue weighted by molar-refractivity contribution is 6.05. The Morgan fingerprint density at radius 1 is 1.26 bits per heavy atom. The van der Waals surface area contributed by atoms with Crippen molar-refractivity contribution in [3.05, 3.63) is 58.9 Å². The van der Waals surface area contributed by atoms with Gasteiger partial charge in [0.05, 0.1) is 11.3 Å². The lowest BCUT2D eigenvalue weighted by Crippen LogP contribution is -2.14. The standard InChI is InChI=1S/C16H14N2O/c1-4-13-6-5-7-14(10-13)18-16(19)15-9-8-11(2)17-12(15)3/h1,5-10H,2-3H3,(H,18,19). The van der Waals surface area contributed by atoms with Gasteiger partial charge in [-0.15, -0.1) is 6.42 Å². The van der Waals surface area contributed by atoms with Crippen molar-refractivity contribution in [1.29, 1.82) is 0 Å². The second-order valence-electron chi connectivity index (χ2n) is 4.26. The molecule has 0 unspecified atom stereocenters. The van der Waals surface area contributed by atoms with E-state index in [1.54, 1.807) is 18.2 Å². The van der Waals surface area contributed by atoms with E-state index >= 15 is 0 Å². The Kier molecular flexibility index (Phi) is 3.63. The maximum Gasteiger partial charge on any atom is 0.257 e. The summed E-state index contributed by atoms with van der Waals surface area (Å²) < 4.78 is 0. The number of rotatable bonds is 2. The minimum atomic E-state index is -0.181. The van der Waals surface area contributed by atoms with Gasteiger partial charge in [0, 0.05) is 16.9 Å². The molecule has 0 aliphatic carbocycles. The number of nitrogens with zero attached hydrogens (tertiary/aromatic N) is 1. The summed E-state index contributed by atoms with van der Waals surface area (Å²) in [6.45, 7) is 3.71. The highest BCUT2D eigenvalue weighted by Crippen LogP contribution is 2.13. The number of amides is 1. The molecule has 94 valence electrons. The predicted octanol–water partition coefficient (Wildman–Crippen LogP) is 2.93. The van der Waals surface area contributed by atoms with Gasteiger partial charge in [0.1, 0.15) is 0 Å². The molecule has 3 heteroatoms. The van der Waals surface area contributed by atoms with Crippen LogP contribution in [-0.4, -0.2) is 10.9 Å². The van der Waals surface area contributed by atoms with Crippen LogP contribution < -0.4 is 5.32 Å². The van der Waals surface area contributed by atoms with Crippen molar-refractivity contribution < 1.29 is 4.79 Å². The van der Waals surface area contributed by atoms with Gasteiger partial charge in [-0.25, -0.2) is 0 Å². The molecule has 1 heterocycles. The number of carbonyl (C=O) groups is 1. The summed E-state index contributed by atoms with van der Waals surface area (Å²) in [6.07, 6.45) is 5.33. The molecule has 1 N–H and O–H groups in total. The average molecular weight is 250 g/mol. The number of terminal acetylenes is 1. The number of aryl methyl sites for hydroxylation is 2. The third kappa shape index (κ3) is 2.99. The van der Waals surface area contributed by atoms with Gasteiger partial charge in [0.2, 0.25) is 0 Å². The molecule has 2 aromatic rings. The third-order valence-corrected chi connectivity index (χ3v) is 2.76. The van der Waals surface area contributed by atoms with Crippen LogP contribution in [0.4, 0.5) is 5.69 Å². The zero-order chi connectivity index (χ0) is 13.8. The largest absolute Gasteiger partial charge is 0.322 e. The van der Waals surface area contributed by atoms with Gasteiger partial charge in [-0.3, -0.25) is 9.78 Å². The number of hydrogen-bond donors (Lipinski definition) is 1. The summed E-state index contributed by atoms with van der Waals surface area (Å²) in [5, 5.41) is 2.82. The molecule has 2 rings (SSSR count). The molecule has 0 aliphatic heterocycles. The van der Waals surface area contributed by atoms with E-state index < -0.39 is 0 Å². The van der Waals surface area contributed by atoms with Gasteiger partial charge in [-0.2, -0.15) is 0 Å².